The third-order valence-corrected chi connectivity index (χ3v) is 4.87. The SMILES string of the molecule is Cc1ccc(C)c(OCC(=O)Nc2c3c(nn2-c2ccccc2)CCC3)c1. The van der Waals surface area contributed by atoms with Crippen molar-refractivity contribution in [2.45, 2.75) is 33.1 Å². The molecule has 1 aromatic heterocycles. The van der Waals surface area contributed by atoms with Gasteiger partial charge in [-0.1, -0.05) is 30.3 Å². The van der Waals surface area contributed by atoms with Crippen molar-refractivity contribution in [1.29, 1.82) is 0 Å². The molecule has 0 saturated heterocycles. The minimum absolute atomic E-state index is 0.0287. The van der Waals surface area contributed by atoms with Gasteiger partial charge < -0.3 is 10.1 Å². The number of carbonyl (C=O) groups excluding carboxylic acids is 1. The summed E-state index contributed by atoms with van der Waals surface area (Å²) >= 11 is 0. The Bertz CT molecular complexity index is 977. The lowest BCUT2D eigenvalue weighted by Gasteiger charge is -2.13. The number of amides is 1. The van der Waals surface area contributed by atoms with Crippen LogP contribution in [-0.2, 0) is 17.6 Å². The number of para-hydroxylation sites is 1. The highest BCUT2D eigenvalue weighted by Crippen LogP contribution is 2.31. The maximum absolute atomic E-state index is 12.6. The highest BCUT2D eigenvalue weighted by Gasteiger charge is 2.24. The zero-order chi connectivity index (χ0) is 18.8. The number of nitrogens with zero attached hydrogens (tertiary/aromatic N) is 2. The predicted molar refractivity (Wildman–Crippen MR) is 106 cm³/mol. The number of ether oxygens (including phenoxy) is 1. The molecule has 1 aliphatic carbocycles. The third kappa shape index (κ3) is 3.58. The lowest BCUT2D eigenvalue weighted by Crippen LogP contribution is -2.22. The number of anilines is 1. The molecule has 27 heavy (non-hydrogen) atoms. The fourth-order valence-corrected chi connectivity index (χ4v) is 3.45. The second-order valence-electron chi connectivity index (χ2n) is 6.98. The maximum Gasteiger partial charge on any atom is 0.263 e. The van der Waals surface area contributed by atoms with Gasteiger partial charge in [0, 0.05) is 5.56 Å². The van der Waals surface area contributed by atoms with E-state index in [0.29, 0.717) is 0 Å². The van der Waals surface area contributed by atoms with E-state index in [1.54, 1.807) is 0 Å². The Morgan fingerprint density at radius 2 is 1.96 bits per heavy atom. The molecule has 0 bridgehead atoms. The lowest BCUT2D eigenvalue weighted by molar-refractivity contribution is -0.118. The number of nitrogens with one attached hydrogen (secondary N) is 1. The summed E-state index contributed by atoms with van der Waals surface area (Å²) in [5, 5.41) is 7.75. The Morgan fingerprint density at radius 1 is 1.15 bits per heavy atom. The van der Waals surface area contributed by atoms with Gasteiger partial charge in [-0.15, -0.1) is 0 Å². The molecular formula is C22H23N3O2. The Kier molecular flexibility index (Phi) is 4.67. The number of rotatable bonds is 5. The van der Waals surface area contributed by atoms with Crippen molar-refractivity contribution < 1.29 is 9.53 Å². The first-order chi connectivity index (χ1) is 13.1. The Balaban J connectivity index is 1.54. The van der Waals surface area contributed by atoms with Gasteiger partial charge in [0.15, 0.2) is 6.61 Å². The maximum atomic E-state index is 12.6. The van der Waals surface area contributed by atoms with Gasteiger partial charge in [-0.3, -0.25) is 4.79 Å². The monoisotopic (exact) mass is 361 g/mol. The molecule has 0 unspecified atom stereocenters. The van der Waals surface area contributed by atoms with Crippen LogP contribution < -0.4 is 10.1 Å². The molecule has 3 aromatic rings. The van der Waals surface area contributed by atoms with Crippen LogP contribution >= 0.6 is 0 Å². The summed E-state index contributed by atoms with van der Waals surface area (Å²) in [4.78, 5) is 12.6. The van der Waals surface area contributed by atoms with E-state index in [0.717, 1.165) is 58.9 Å². The van der Waals surface area contributed by atoms with Gasteiger partial charge in [0.1, 0.15) is 11.6 Å². The highest BCUT2D eigenvalue weighted by molar-refractivity contribution is 5.92. The summed E-state index contributed by atoms with van der Waals surface area (Å²) in [6, 6.07) is 15.9. The average Bonchev–Trinajstić information content (AvgIpc) is 3.26. The van der Waals surface area contributed by atoms with Crippen molar-refractivity contribution in [3.8, 4) is 11.4 Å². The van der Waals surface area contributed by atoms with Crippen molar-refractivity contribution in [2.24, 2.45) is 0 Å². The van der Waals surface area contributed by atoms with Gasteiger partial charge in [0.2, 0.25) is 0 Å². The van der Waals surface area contributed by atoms with Crippen LogP contribution in [0.3, 0.4) is 0 Å². The normalized spacial score (nSPS) is 12.7. The molecule has 0 saturated carbocycles. The number of aromatic nitrogens is 2. The van der Waals surface area contributed by atoms with E-state index >= 15 is 0 Å². The van der Waals surface area contributed by atoms with E-state index in [2.05, 4.69) is 5.32 Å². The van der Waals surface area contributed by atoms with Crippen LogP contribution in [0.15, 0.2) is 48.5 Å². The predicted octanol–water partition coefficient (Wildman–Crippen LogP) is 4.00. The Hall–Kier alpha value is -3.08. The first kappa shape index (κ1) is 17.3. The standard InChI is InChI=1S/C22H23N3O2/c1-15-11-12-16(2)20(13-15)27-14-21(26)23-22-18-9-6-10-19(18)24-25(22)17-7-4-3-5-8-17/h3-5,7-8,11-13H,6,9-10,14H2,1-2H3,(H,23,26). The molecule has 0 radical (unpaired) electrons. The molecule has 0 fully saturated rings. The molecule has 1 heterocycles. The Morgan fingerprint density at radius 3 is 2.78 bits per heavy atom. The molecule has 0 spiro atoms. The first-order valence-electron chi connectivity index (χ1n) is 9.28. The van der Waals surface area contributed by atoms with Crippen LogP contribution in [0.25, 0.3) is 5.69 Å². The van der Waals surface area contributed by atoms with Crippen LogP contribution in [0.4, 0.5) is 5.82 Å². The zero-order valence-corrected chi connectivity index (χ0v) is 15.7. The molecule has 5 heteroatoms. The van der Waals surface area contributed by atoms with E-state index in [1.807, 2.05) is 67.1 Å². The third-order valence-electron chi connectivity index (χ3n) is 4.87. The topological polar surface area (TPSA) is 56.1 Å². The summed E-state index contributed by atoms with van der Waals surface area (Å²) in [6.45, 7) is 3.96. The average molecular weight is 361 g/mol. The smallest absolute Gasteiger partial charge is 0.263 e. The van der Waals surface area contributed by atoms with Crippen molar-refractivity contribution in [1.82, 2.24) is 9.78 Å². The summed E-state index contributed by atoms with van der Waals surface area (Å²) in [5.41, 5.74) is 5.28. The minimum Gasteiger partial charge on any atom is -0.483 e. The molecule has 4 rings (SSSR count). The number of carbonyl (C=O) groups is 1. The molecular weight excluding hydrogens is 338 g/mol. The number of fused-ring (bicyclic) bond motifs is 1. The number of hydrogen-bond acceptors (Lipinski definition) is 3. The molecule has 1 N–H and O–H groups in total. The first-order valence-corrected chi connectivity index (χ1v) is 9.28. The van der Waals surface area contributed by atoms with Gasteiger partial charge in [0.05, 0.1) is 11.4 Å². The van der Waals surface area contributed by atoms with Crippen LogP contribution in [0.5, 0.6) is 5.75 Å². The summed E-state index contributed by atoms with van der Waals surface area (Å²) in [7, 11) is 0. The van der Waals surface area contributed by atoms with Crippen LogP contribution in [0.1, 0.15) is 28.8 Å². The van der Waals surface area contributed by atoms with E-state index in [1.165, 1.54) is 0 Å². The van der Waals surface area contributed by atoms with Gasteiger partial charge >= 0.3 is 0 Å². The molecule has 1 aliphatic rings. The second kappa shape index (κ2) is 7.27. The zero-order valence-electron chi connectivity index (χ0n) is 15.7. The highest BCUT2D eigenvalue weighted by atomic mass is 16.5. The molecule has 0 atom stereocenters. The van der Waals surface area contributed by atoms with Gasteiger partial charge in [-0.2, -0.15) is 5.10 Å². The fraction of sp³-hybridized carbons (Fsp3) is 0.273. The number of benzene rings is 2. The lowest BCUT2D eigenvalue weighted by atomic mass is 10.1. The summed E-state index contributed by atoms with van der Waals surface area (Å²) in [5.74, 6) is 1.33. The largest absolute Gasteiger partial charge is 0.483 e. The van der Waals surface area contributed by atoms with E-state index in [4.69, 9.17) is 9.84 Å². The van der Waals surface area contributed by atoms with E-state index in [9.17, 15) is 4.79 Å². The molecule has 2 aromatic carbocycles. The van der Waals surface area contributed by atoms with Crippen LogP contribution in [-0.4, -0.2) is 22.3 Å². The van der Waals surface area contributed by atoms with Crippen molar-refractivity contribution >= 4 is 11.7 Å². The molecule has 5 nitrogen and oxygen atoms in total. The second-order valence-corrected chi connectivity index (χ2v) is 6.98. The molecule has 138 valence electrons. The molecule has 1 amide bonds. The van der Waals surface area contributed by atoms with Crippen molar-refractivity contribution in [3.05, 3.63) is 70.9 Å². The van der Waals surface area contributed by atoms with E-state index < -0.39 is 0 Å². The quantitative estimate of drug-likeness (QED) is 0.747. The van der Waals surface area contributed by atoms with Crippen LogP contribution in [0.2, 0.25) is 0 Å². The fourth-order valence-electron chi connectivity index (χ4n) is 3.45. The minimum atomic E-state index is -0.178. The number of aryl methyl sites for hydroxylation is 3. The van der Waals surface area contributed by atoms with Gasteiger partial charge in [0.25, 0.3) is 5.91 Å². The van der Waals surface area contributed by atoms with Gasteiger partial charge in [-0.25, -0.2) is 4.68 Å². The summed E-state index contributed by atoms with van der Waals surface area (Å²) in [6.07, 6.45) is 2.97. The van der Waals surface area contributed by atoms with Crippen molar-refractivity contribution in [2.75, 3.05) is 11.9 Å². The Labute approximate surface area is 159 Å². The van der Waals surface area contributed by atoms with E-state index in [-0.39, 0.29) is 12.5 Å². The molecule has 0 aliphatic heterocycles. The van der Waals surface area contributed by atoms with Crippen molar-refractivity contribution in [3.63, 3.8) is 0 Å². The van der Waals surface area contributed by atoms with Crippen LogP contribution in [0, 0.1) is 13.8 Å². The van der Waals surface area contributed by atoms with Gasteiger partial charge in [-0.05, 0) is 62.4 Å². The summed E-state index contributed by atoms with van der Waals surface area (Å²) < 4.78 is 7.58. The number of hydrogen-bond donors (Lipinski definition) is 1.